The number of hydrogen-bond acceptors (Lipinski definition) is 4. The van der Waals surface area contributed by atoms with Gasteiger partial charge >= 0.3 is 5.97 Å². The number of nitrogens with one attached hydrogen (secondary N) is 2. The molecule has 0 spiro atoms. The predicted octanol–water partition coefficient (Wildman–Crippen LogP) is 2.03. The Bertz CT molecular complexity index is 693. The second-order valence-electron chi connectivity index (χ2n) is 5.85. The minimum atomic E-state index is -4.13. The van der Waals surface area contributed by atoms with Gasteiger partial charge in [0.15, 0.2) is 0 Å². The van der Waals surface area contributed by atoms with Crippen molar-refractivity contribution in [3.63, 3.8) is 0 Å². The molecule has 2 N–H and O–H groups in total. The predicted molar refractivity (Wildman–Crippen MR) is 79.3 cm³/mol. The van der Waals surface area contributed by atoms with E-state index in [0.717, 1.165) is 6.20 Å². The highest BCUT2D eigenvalue weighted by Crippen LogP contribution is 2.42. The SMILES string of the molecule is CCOC(=O)c1[nH]cc(S(=O)(=O)NC2CC(CF)(CF)C2)c1CF. The average Bonchev–Trinajstić information content (AvgIpc) is 2.95. The molecule has 1 heterocycles. The van der Waals surface area contributed by atoms with Crippen molar-refractivity contribution in [1.82, 2.24) is 9.71 Å². The number of rotatable bonds is 8. The van der Waals surface area contributed by atoms with Gasteiger partial charge in [-0.05, 0) is 19.8 Å². The second-order valence-corrected chi connectivity index (χ2v) is 7.54. The maximum atomic E-state index is 13.3. The fourth-order valence-electron chi connectivity index (χ4n) is 2.80. The minimum Gasteiger partial charge on any atom is -0.461 e. The molecule has 1 saturated carbocycles. The monoisotopic (exact) mass is 368 g/mol. The van der Waals surface area contributed by atoms with Gasteiger partial charge in [0.05, 0.1) is 20.0 Å². The van der Waals surface area contributed by atoms with Crippen molar-refractivity contribution in [3.05, 3.63) is 17.5 Å². The molecule has 0 amide bonds. The number of aromatic nitrogens is 1. The van der Waals surface area contributed by atoms with Crippen molar-refractivity contribution in [2.75, 3.05) is 20.0 Å². The summed E-state index contributed by atoms with van der Waals surface area (Å²) in [6.45, 7) is -1.30. The summed E-state index contributed by atoms with van der Waals surface area (Å²) in [5.41, 5.74) is -1.73. The summed E-state index contributed by atoms with van der Waals surface area (Å²) in [5, 5.41) is 0. The fourth-order valence-corrected chi connectivity index (χ4v) is 4.23. The summed E-state index contributed by atoms with van der Waals surface area (Å²) in [7, 11) is -4.13. The van der Waals surface area contributed by atoms with E-state index in [0.29, 0.717) is 0 Å². The summed E-state index contributed by atoms with van der Waals surface area (Å²) in [5.74, 6) is -0.857. The highest BCUT2D eigenvalue weighted by atomic mass is 32.2. The van der Waals surface area contributed by atoms with Crippen LogP contribution in [0.15, 0.2) is 11.1 Å². The third-order valence-corrected chi connectivity index (χ3v) is 5.68. The molecule has 2 rings (SSSR count). The first-order chi connectivity index (χ1) is 11.3. The first kappa shape index (κ1) is 18.8. The van der Waals surface area contributed by atoms with Crippen LogP contribution in [0, 0.1) is 5.41 Å². The van der Waals surface area contributed by atoms with Gasteiger partial charge in [-0.15, -0.1) is 0 Å². The quantitative estimate of drug-likeness (QED) is 0.687. The lowest BCUT2D eigenvalue weighted by Gasteiger charge is -2.44. The van der Waals surface area contributed by atoms with Gasteiger partial charge in [0.25, 0.3) is 0 Å². The van der Waals surface area contributed by atoms with Crippen LogP contribution in [-0.2, 0) is 21.4 Å². The van der Waals surface area contributed by atoms with Crippen LogP contribution < -0.4 is 4.72 Å². The third-order valence-electron chi connectivity index (χ3n) is 4.10. The van der Waals surface area contributed by atoms with E-state index >= 15 is 0 Å². The number of hydrogen-bond donors (Lipinski definition) is 2. The van der Waals surface area contributed by atoms with Crippen molar-refractivity contribution in [2.24, 2.45) is 5.41 Å². The van der Waals surface area contributed by atoms with Crippen LogP contribution in [0.4, 0.5) is 13.2 Å². The van der Waals surface area contributed by atoms with Gasteiger partial charge < -0.3 is 9.72 Å². The third kappa shape index (κ3) is 3.44. The van der Waals surface area contributed by atoms with Crippen LogP contribution in [0.2, 0.25) is 0 Å². The summed E-state index contributed by atoms with van der Waals surface area (Å²) in [6.07, 6.45) is 1.05. The van der Waals surface area contributed by atoms with E-state index in [1.165, 1.54) is 0 Å². The molecule has 0 unspecified atom stereocenters. The van der Waals surface area contributed by atoms with Crippen LogP contribution in [0.3, 0.4) is 0 Å². The Morgan fingerprint density at radius 3 is 2.50 bits per heavy atom. The number of esters is 1. The molecule has 1 aliphatic rings. The zero-order chi connectivity index (χ0) is 18.0. The molecule has 0 radical (unpaired) electrons. The maximum Gasteiger partial charge on any atom is 0.355 e. The molecule has 10 heteroatoms. The number of H-pyrrole nitrogens is 1. The molecule has 1 aromatic rings. The van der Waals surface area contributed by atoms with Crippen molar-refractivity contribution < 1.29 is 31.1 Å². The Kier molecular flexibility index (Phi) is 5.59. The molecule has 0 aliphatic heterocycles. The lowest BCUT2D eigenvalue weighted by Crippen LogP contribution is -2.52. The molecule has 136 valence electrons. The maximum absolute atomic E-state index is 13.3. The Morgan fingerprint density at radius 1 is 1.38 bits per heavy atom. The molecule has 6 nitrogen and oxygen atoms in total. The van der Waals surface area contributed by atoms with Crippen molar-refractivity contribution in [1.29, 1.82) is 0 Å². The zero-order valence-electron chi connectivity index (χ0n) is 13.1. The Balaban J connectivity index is 2.17. The van der Waals surface area contributed by atoms with Gasteiger partial charge in [0, 0.05) is 23.2 Å². The molecule has 0 bridgehead atoms. The van der Waals surface area contributed by atoms with Gasteiger partial charge in [0.2, 0.25) is 10.0 Å². The van der Waals surface area contributed by atoms with E-state index in [1.807, 2.05) is 0 Å². The first-order valence-corrected chi connectivity index (χ1v) is 8.88. The van der Waals surface area contributed by atoms with Crippen molar-refractivity contribution >= 4 is 16.0 Å². The van der Waals surface area contributed by atoms with E-state index in [4.69, 9.17) is 4.74 Å². The van der Waals surface area contributed by atoms with E-state index in [9.17, 15) is 26.4 Å². The summed E-state index contributed by atoms with van der Waals surface area (Å²) in [6, 6.07) is -0.630. The number of alkyl halides is 3. The summed E-state index contributed by atoms with van der Waals surface area (Å²) < 4.78 is 70.6. The highest BCUT2D eigenvalue weighted by Gasteiger charge is 2.46. The highest BCUT2D eigenvalue weighted by molar-refractivity contribution is 7.89. The number of halogens is 3. The van der Waals surface area contributed by atoms with Crippen LogP contribution in [-0.4, -0.2) is 45.4 Å². The van der Waals surface area contributed by atoms with E-state index < -0.39 is 52.4 Å². The number of sulfonamides is 1. The Morgan fingerprint density at radius 2 is 2.00 bits per heavy atom. The lowest BCUT2D eigenvalue weighted by molar-refractivity contribution is 0.0334. The lowest BCUT2D eigenvalue weighted by atomic mass is 9.67. The van der Waals surface area contributed by atoms with Crippen LogP contribution >= 0.6 is 0 Å². The average molecular weight is 368 g/mol. The van der Waals surface area contributed by atoms with E-state index in [-0.39, 0.29) is 30.7 Å². The van der Waals surface area contributed by atoms with E-state index in [1.54, 1.807) is 6.92 Å². The molecule has 0 aromatic carbocycles. The van der Waals surface area contributed by atoms with Gasteiger partial charge in [-0.3, -0.25) is 8.78 Å². The summed E-state index contributed by atoms with van der Waals surface area (Å²) in [4.78, 5) is 13.7. The molecule has 1 fully saturated rings. The normalized spacial score (nSPS) is 17.5. The molecular weight excluding hydrogens is 349 g/mol. The topological polar surface area (TPSA) is 88.3 Å². The smallest absolute Gasteiger partial charge is 0.355 e. The van der Waals surface area contributed by atoms with Crippen molar-refractivity contribution in [3.8, 4) is 0 Å². The summed E-state index contributed by atoms with van der Waals surface area (Å²) >= 11 is 0. The van der Waals surface area contributed by atoms with E-state index in [2.05, 4.69) is 9.71 Å². The van der Waals surface area contributed by atoms with Gasteiger partial charge in [-0.1, -0.05) is 0 Å². The molecule has 24 heavy (non-hydrogen) atoms. The molecular formula is C14H19F3N2O4S. The van der Waals surface area contributed by atoms with Crippen LogP contribution in [0.1, 0.15) is 35.8 Å². The number of carbonyl (C=O) groups excluding carboxylic acids is 1. The standard InChI is InChI=1S/C14H19F3N2O4S/c1-2-23-13(20)12-10(5-15)11(6-18-12)24(21,22)19-9-3-14(4-9,7-16)8-17/h6,9,18-19H,2-5,7-8H2,1H3. The molecule has 0 saturated heterocycles. The molecule has 1 aliphatic carbocycles. The number of carbonyl (C=O) groups is 1. The van der Waals surface area contributed by atoms with Crippen molar-refractivity contribution in [2.45, 2.75) is 37.4 Å². The molecule has 0 atom stereocenters. The minimum absolute atomic E-state index is 0.0271. The largest absolute Gasteiger partial charge is 0.461 e. The van der Waals surface area contributed by atoms with Gasteiger partial charge in [0.1, 0.15) is 17.3 Å². The zero-order valence-corrected chi connectivity index (χ0v) is 13.9. The Hall–Kier alpha value is -1.55. The van der Waals surface area contributed by atoms with Gasteiger partial charge in [-0.25, -0.2) is 22.3 Å². The Labute approximate surface area is 137 Å². The molecule has 1 aromatic heterocycles. The number of ether oxygens (including phenoxy) is 1. The second kappa shape index (κ2) is 7.14. The number of aromatic amines is 1. The van der Waals surface area contributed by atoms with Crippen LogP contribution in [0.5, 0.6) is 0 Å². The fraction of sp³-hybridized carbons (Fsp3) is 0.643. The van der Waals surface area contributed by atoms with Gasteiger partial charge in [-0.2, -0.15) is 0 Å². The first-order valence-electron chi connectivity index (χ1n) is 7.40. The van der Waals surface area contributed by atoms with Crippen LogP contribution in [0.25, 0.3) is 0 Å².